The first-order valence-corrected chi connectivity index (χ1v) is 10.7. The third kappa shape index (κ3) is 6.49. The van der Waals surface area contributed by atoms with Crippen molar-refractivity contribution in [2.24, 2.45) is 0 Å². The van der Waals surface area contributed by atoms with Gasteiger partial charge in [0.15, 0.2) is 0 Å². The van der Waals surface area contributed by atoms with Gasteiger partial charge in [-0.05, 0) is 80.7 Å². The van der Waals surface area contributed by atoms with Crippen LogP contribution in [-0.4, -0.2) is 32.1 Å². The van der Waals surface area contributed by atoms with Gasteiger partial charge in [0.05, 0.1) is 5.02 Å². The molecular weight excluding hydrogens is 399 g/mol. The molecule has 1 unspecified atom stereocenters. The molecule has 0 aliphatic heterocycles. The fourth-order valence-corrected chi connectivity index (χ4v) is 4.00. The first kappa shape index (κ1) is 22.2. The van der Waals surface area contributed by atoms with E-state index in [0.717, 1.165) is 23.7 Å². The molecule has 0 radical (unpaired) electrons. The quantitative estimate of drug-likeness (QED) is 0.441. The Balaban J connectivity index is 2.15. The average Bonchev–Trinajstić information content (AvgIpc) is 2.61. The molecule has 1 atom stereocenters. The van der Waals surface area contributed by atoms with Crippen LogP contribution < -0.4 is 9.46 Å². The molecule has 1 N–H and O–H groups in total. The number of halogens is 2. The topological polar surface area (TPSA) is 24.5 Å². The molecule has 0 aliphatic rings. The molecule has 0 saturated carbocycles. The summed E-state index contributed by atoms with van der Waals surface area (Å²) in [6.07, 6.45) is 1.07. The van der Waals surface area contributed by atoms with E-state index in [1.807, 2.05) is 38.4 Å². The largest absolute Gasteiger partial charge is 0.491 e. The Hall–Kier alpha value is -1.07. The van der Waals surface area contributed by atoms with Gasteiger partial charge < -0.3 is 14.4 Å². The zero-order valence-corrected chi connectivity index (χ0v) is 18.9. The predicted octanol–water partition coefficient (Wildman–Crippen LogP) is 6.87. The lowest BCUT2D eigenvalue weighted by molar-refractivity contribution is 0.261. The van der Waals surface area contributed by atoms with Gasteiger partial charge in [0.1, 0.15) is 12.4 Å². The number of aryl methyl sites for hydroxylation is 1. The lowest BCUT2D eigenvalue weighted by Crippen LogP contribution is -2.19. The van der Waals surface area contributed by atoms with E-state index in [1.165, 1.54) is 16.0 Å². The predicted molar refractivity (Wildman–Crippen MR) is 120 cm³/mol. The Kier molecular flexibility index (Phi) is 8.62. The minimum atomic E-state index is 0.446. The minimum Gasteiger partial charge on any atom is -0.491 e. The van der Waals surface area contributed by atoms with Crippen LogP contribution in [0.15, 0.2) is 35.2 Å². The summed E-state index contributed by atoms with van der Waals surface area (Å²) in [5.74, 6) is 1.14. The van der Waals surface area contributed by atoms with Crippen molar-refractivity contribution in [1.29, 1.82) is 0 Å². The highest BCUT2D eigenvalue weighted by atomic mass is 35.5. The maximum absolute atomic E-state index is 6.28. The van der Waals surface area contributed by atoms with E-state index in [0.29, 0.717) is 23.3 Å². The minimum absolute atomic E-state index is 0.446. The Morgan fingerprint density at radius 3 is 2.59 bits per heavy atom. The van der Waals surface area contributed by atoms with Gasteiger partial charge in [-0.15, -0.1) is 0 Å². The molecule has 3 nitrogen and oxygen atoms in total. The molecule has 2 rings (SSSR count). The second-order valence-electron chi connectivity index (χ2n) is 6.95. The number of hydrogen-bond donors (Lipinski definition) is 1. The summed E-state index contributed by atoms with van der Waals surface area (Å²) in [6.45, 7) is 7.95. The molecule has 0 saturated heterocycles. The highest BCUT2D eigenvalue weighted by Crippen LogP contribution is 2.37. The number of hydrogen-bond acceptors (Lipinski definition) is 4. The standard InChI is InChI=1S/C21H28Cl2N2OS/c1-6-14(2)18-12-16(22)11-15(3)21(18)27-24-17-7-8-19(23)20(13-17)26-10-9-25(4)5/h7-8,11-14,24H,6,9-10H2,1-5H3. The first-order valence-electron chi connectivity index (χ1n) is 9.11. The van der Waals surface area contributed by atoms with Gasteiger partial charge in [0.2, 0.25) is 0 Å². The molecule has 0 heterocycles. The highest BCUT2D eigenvalue weighted by Gasteiger charge is 2.14. The highest BCUT2D eigenvalue weighted by molar-refractivity contribution is 8.00. The molecule has 2 aromatic carbocycles. The van der Waals surface area contributed by atoms with E-state index in [4.69, 9.17) is 27.9 Å². The van der Waals surface area contributed by atoms with E-state index in [-0.39, 0.29) is 0 Å². The van der Waals surface area contributed by atoms with Gasteiger partial charge in [0.25, 0.3) is 0 Å². The van der Waals surface area contributed by atoms with Crippen molar-refractivity contribution in [2.75, 3.05) is 32.0 Å². The van der Waals surface area contributed by atoms with Crippen molar-refractivity contribution in [2.45, 2.75) is 38.0 Å². The van der Waals surface area contributed by atoms with Crippen molar-refractivity contribution in [3.8, 4) is 5.75 Å². The van der Waals surface area contributed by atoms with E-state index in [2.05, 4.69) is 36.5 Å². The average molecular weight is 427 g/mol. The Morgan fingerprint density at radius 1 is 1.19 bits per heavy atom. The summed E-state index contributed by atoms with van der Waals surface area (Å²) in [7, 11) is 4.03. The third-order valence-corrected chi connectivity index (χ3v) is 6.04. The van der Waals surface area contributed by atoms with Crippen LogP contribution in [0.5, 0.6) is 5.75 Å². The van der Waals surface area contributed by atoms with Crippen molar-refractivity contribution in [3.63, 3.8) is 0 Å². The van der Waals surface area contributed by atoms with Crippen molar-refractivity contribution >= 4 is 40.8 Å². The van der Waals surface area contributed by atoms with Crippen molar-refractivity contribution in [3.05, 3.63) is 51.5 Å². The van der Waals surface area contributed by atoms with Crippen molar-refractivity contribution < 1.29 is 4.74 Å². The fourth-order valence-electron chi connectivity index (χ4n) is 2.61. The number of anilines is 1. The summed E-state index contributed by atoms with van der Waals surface area (Å²) in [5, 5.41) is 1.41. The van der Waals surface area contributed by atoms with E-state index >= 15 is 0 Å². The monoisotopic (exact) mass is 426 g/mol. The summed E-state index contributed by atoms with van der Waals surface area (Å²) in [5.41, 5.74) is 3.40. The molecule has 0 bridgehead atoms. The Labute approximate surface area is 177 Å². The number of rotatable bonds is 9. The molecular formula is C21H28Cl2N2OS. The Morgan fingerprint density at radius 2 is 1.93 bits per heavy atom. The fraction of sp³-hybridized carbons (Fsp3) is 0.429. The Bertz CT molecular complexity index is 768. The zero-order chi connectivity index (χ0) is 20.0. The van der Waals surface area contributed by atoms with E-state index in [1.54, 1.807) is 11.9 Å². The van der Waals surface area contributed by atoms with Gasteiger partial charge in [-0.25, -0.2) is 0 Å². The number of nitrogens with zero attached hydrogens (tertiary/aromatic N) is 1. The summed E-state index contributed by atoms with van der Waals surface area (Å²) in [6, 6.07) is 9.85. The van der Waals surface area contributed by atoms with Gasteiger partial charge in [-0.1, -0.05) is 37.0 Å². The van der Waals surface area contributed by atoms with Crippen LogP contribution in [0, 0.1) is 6.92 Å². The number of nitrogens with one attached hydrogen (secondary N) is 1. The molecule has 0 aliphatic carbocycles. The SMILES string of the molecule is CCC(C)c1cc(Cl)cc(C)c1SNc1ccc(Cl)c(OCCN(C)C)c1. The van der Waals surface area contributed by atoms with Crippen molar-refractivity contribution in [1.82, 2.24) is 4.90 Å². The summed E-state index contributed by atoms with van der Waals surface area (Å²) < 4.78 is 9.25. The third-order valence-electron chi connectivity index (χ3n) is 4.41. The molecule has 148 valence electrons. The number of likely N-dealkylation sites (N-methyl/N-ethyl adjacent to an activating group) is 1. The van der Waals surface area contributed by atoms with E-state index in [9.17, 15) is 0 Å². The van der Waals surface area contributed by atoms with Gasteiger partial charge in [-0.3, -0.25) is 0 Å². The lowest BCUT2D eigenvalue weighted by atomic mass is 9.97. The van der Waals surface area contributed by atoms with Crippen LogP contribution in [0.3, 0.4) is 0 Å². The van der Waals surface area contributed by atoms with Crippen LogP contribution in [-0.2, 0) is 0 Å². The van der Waals surface area contributed by atoms with Crippen LogP contribution in [0.2, 0.25) is 10.0 Å². The van der Waals surface area contributed by atoms with Crippen LogP contribution in [0.4, 0.5) is 5.69 Å². The van der Waals surface area contributed by atoms with Gasteiger partial charge in [-0.2, -0.15) is 0 Å². The van der Waals surface area contributed by atoms with Gasteiger partial charge in [0, 0.05) is 28.2 Å². The summed E-state index contributed by atoms with van der Waals surface area (Å²) in [4.78, 5) is 3.30. The summed E-state index contributed by atoms with van der Waals surface area (Å²) >= 11 is 14.2. The second kappa shape index (κ2) is 10.5. The number of ether oxygens (including phenoxy) is 1. The maximum Gasteiger partial charge on any atom is 0.140 e. The molecule has 27 heavy (non-hydrogen) atoms. The molecule has 0 spiro atoms. The van der Waals surface area contributed by atoms with Gasteiger partial charge >= 0.3 is 0 Å². The van der Waals surface area contributed by atoms with Crippen LogP contribution in [0.1, 0.15) is 37.3 Å². The van der Waals surface area contributed by atoms with E-state index < -0.39 is 0 Å². The lowest BCUT2D eigenvalue weighted by Gasteiger charge is -2.18. The molecule has 6 heteroatoms. The maximum atomic E-state index is 6.28. The van der Waals surface area contributed by atoms with Crippen LogP contribution in [0.25, 0.3) is 0 Å². The van der Waals surface area contributed by atoms with Crippen LogP contribution >= 0.6 is 35.1 Å². The molecule has 2 aromatic rings. The molecule has 0 aromatic heterocycles. The zero-order valence-electron chi connectivity index (χ0n) is 16.6. The number of benzene rings is 2. The first-order chi connectivity index (χ1) is 12.8. The smallest absolute Gasteiger partial charge is 0.140 e. The second-order valence-corrected chi connectivity index (χ2v) is 8.61. The molecule has 0 fully saturated rings. The normalized spacial score (nSPS) is 12.3. The molecule has 0 amide bonds.